The Labute approximate surface area is 102 Å². The van der Waals surface area contributed by atoms with E-state index >= 15 is 0 Å². The van der Waals surface area contributed by atoms with Crippen molar-refractivity contribution in [1.82, 2.24) is 5.32 Å². The molecule has 4 atom stereocenters. The Bertz CT molecular complexity index is 452. The van der Waals surface area contributed by atoms with Crippen molar-refractivity contribution >= 4 is 23.4 Å². The van der Waals surface area contributed by atoms with Crippen LogP contribution in [0.2, 0.25) is 0 Å². The molecule has 0 aromatic rings. The molecule has 4 N–H and O–H groups in total. The molecule has 1 amide bonds. The van der Waals surface area contributed by atoms with E-state index in [1.165, 1.54) is 13.8 Å². The number of aliphatic hydroxyl groups is 1. The van der Waals surface area contributed by atoms with Crippen LogP contribution in [0.3, 0.4) is 0 Å². The van der Waals surface area contributed by atoms with Crippen LogP contribution >= 0.6 is 0 Å². The van der Waals surface area contributed by atoms with Crippen LogP contribution in [0.5, 0.6) is 0 Å². The third-order valence-corrected chi connectivity index (χ3v) is 3.02. The van der Waals surface area contributed by atoms with Gasteiger partial charge in [-0.15, -0.1) is 0 Å². The molecule has 0 aliphatic carbocycles. The van der Waals surface area contributed by atoms with Crippen molar-refractivity contribution in [2.75, 3.05) is 0 Å². The minimum Gasteiger partial charge on any atom is -0.472 e. The number of carbonyl (C=O) groups excluding carboxylic acids is 2. The number of ketones is 1. The van der Waals surface area contributed by atoms with Gasteiger partial charge in [0.2, 0.25) is 5.91 Å². The highest BCUT2D eigenvalue weighted by molar-refractivity contribution is 6.62. The molecule has 8 heteroatoms. The minimum atomic E-state index is -1.58. The maximum Gasteiger partial charge on any atom is 0.490 e. The summed E-state index contributed by atoms with van der Waals surface area (Å²) in [5.74, 6) is -4.41. The van der Waals surface area contributed by atoms with Gasteiger partial charge < -0.3 is 15.5 Å². The lowest BCUT2D eigenvalue weighted by Gasteiger charge is -2.40. The number of carboxylic acids is 1. The second kappa shape index (κ2) is 5.07. The molecular weight excluding hydrogens is 242 g/mol. The number of nitrogens with zero attached hydrogens (tertiary/aromatic N) is 1. The predicted octanol–water partition coefficient (Wildman–Crippen LogP) is -1.55. The van der Waals surface area contributed by atoms with Gasteiger partial charge in [-0.05, 0) is 6.92 Å². The first-order chi connectivity index (χ1) is 8.31. The molecule has 1 rings (SSSR count). The molecule has 1 heterocycles. The van der Waals surface area contributed by atoms with Crippen molar-refractivity contribution in [3.63, 3.8) is 0 Å². The van der Waals surface area contributed by atoms with Crippen molar-refractivity contribution in [3.8, 4) is 0 Å². The number of hydrogen-bond donors (Lipinski definition) is 4. The van der Waals surface area contributed by atoms with E-state index in [4.69, 9.17) is 10.6 Å². The standard InChI is InChI=1S/C10H13N3O5/c1-3(8(15)7(13-11)10(17)18)6-5(4(2)14)9(16)12-6/h3-6,11,14H,1-2H3,(H-,12,16,17,18)/p+1/t3-,4-,5-,6-/m1/s1. The lowest BCUT2D eigenvalue weighted by atomic mass is 9.76. The van der Waals surface area contributed by atoms with Crippen LogP contribution in [0.25, 0.3) is 0 Å². The monoisotopic (exact) mass is 256 g/mol. The fraction of sp³-hybridized carbons (Fsp3) is 0.600. The molecule has 98 valence electrons. The van der Waals surface area contributed by atoms with Crippen LogP contribution in [0.15, 0.2) is 0 Å². The summed E-state index contributed by atoms with van der Waals surface area (Å²) in [7, 11) is 0. The third-order valence-electron chi connectivity index (χ3n) is 3.02. The maximum absolute atomic E-state index is 11.8. The van der Waals surface area contributed by atoms with Gasteiger partial charge >= 0.3 is 11.7 Å². The summed E-state index contributed by atoms with van der Waals surface area (Å²) in [4.78, 5) is 36.3. The number of aliphatic carboxylic acids is 1. The van der Waals surface area contributed by atoms with Gasteiger partial charge in [0, 0.05) is 5.92 Å². The SMILES string of the molecule is C[C@@H](O)[C@H]1C(=O)N[C@@H]1[C@@H](C)C(=O)C(=[N+]=N)C(=O)O. The summed E-state index contributed by atoms with van der Waals surface area (Å²) in [5.41, 5.74) is 5.77. The number of aliphatic hydroxyl groups excluding tert-OH is 1. The number of Topliss-reactive ketones (excluding diaryl/α,β-unsaturated/α-hetero) is 1. The van der Waals surface area contributed by atoms with Crippen molar-refractivity contribution in [1.29, 1.82) is 5.53 Å². The number of amides is 1. The van der Waals surface area contributed by atoms with E-state index in [9.17, 15) is 19.5 Å². The van der Waals surface area contributed by atoms with Crippen molar-refractivity contribution in [2.45, 2.75) is 26.0 Å². The molecular formula is C10H14N3O5+. The fourth-order valence-corrected chi connectivity index (χ4v) is 1.96. The first kappa shape index (κ1) is 14.0. The van der Waals surface area contributed by atoms with Crippen LogP contribution in [0.4, 0.5) is 0 Å². The Hall–Kier alpha value is -2.05. The molecule has 0 aromatic carbocycles. The second-order valence-electron chi connectivity index (χ2n) is 4.22. The number of rotatable bonds is 5. The molecule has 0 spiro atoms. The highest BCUT2D eigenvalue weighted by atomic mass is 16.4. The molecule has 0 unspecified atom stereocenters. The van der Waals surface area contributed by atoms with Gasteiger partial charge in [-0.1, -0.05) is 6.92 Å². The van der Waals surface area contributed by atoms with Crippen molar-refractivity contribution in [3.05, 3.63) is 0 Å². The Morgan fingerprint density at radius 3 is 2.33 bits per heavy atom. The zero-order valence-corrected chi connectivity index (χ0v) is 9.88. The van der Waals surface area contributed by atoms with E-state index in [-0.39, 0.29) is 5.91 Å². The molecule has 0 saturated carbocycles. The molecule has 1 saturated heterocycles. The summed E-state index contributed by atoms with van der Waals surface area (Å²) in [6.45, 7) is 2.85. The molecule has 0 aromatic heterocycles. The highest BCUT2D eigenvalue weighted by Gasteiger charge is 2.50. The number of nitrogens with one attached hydrogen (secondary N) is 2. The Balaban J connectivity index is 2.86. The largest absolute Gasteiger partial charge is 0.490 e. The summed E-state index contributed by atoms with van der Waals surface area (Å²) < 4.78 is 0. The first-order valence-corrected chi connectivity index (χ1v) is 5.31. The average Bonchev–Trinajstić information content (AvgIpc) is 2.24. The lowest BCUT2D eigenvalue weighted by Crippen LogP contribution is -2.66. The lowest BCUT2D eigenvalue weighted by molar-refractivity contribution is -0.155. The summed E-state index contributed by atoms with van der Waals surface area (Å²) in [6, 6.07) is -0.638. The number of hydrogen-bond acceptors (Lipinski definition) is 5. The van der Waals surface area contributed by atoms with E-state index in [2.05, 4.69) is 10.1 Å². The van der Waals surface area contributed by atoms with Crippen LogP contribution in [0, 0.1) is 17.4 Å². The minimum absolute atomic E-state index is 0.380. The van der Waals surface area contributed by atoms with Crippen LogP contribution < -0.4 is 5.32 Å². The van der Waals surface area contributed by atoms with Crippen LogP contribution in [-0.4, -0.2) is 50.5 Å². The van der Waals surface area contributed by atoms with E-state index in [1.54, 1.807) is 0 Å². The van der Waals surface area contributed by atoms with Gasteiger partial charge in [0.15, 0.2) is 0 Å². The highest BCUT2D eigenvalue weighted by Crippen LogP contribution is 2.26. The number of carboxylic acid groups (broad SMARTS) is 1. The van der Waals surface area contributed by atoms with Gasteiger partial charge in [-0.2, -0.15) is 0 Å². The molecule has 1 aliphatic rings. The number of β-lactam (4-membered cyclic amide) rings is 1. The molecule has 8 nitrogen and oxygen atoms in total. The zero-order valence-electron chi connectivity index (χ0n) is 9.88. The molecule has 0 bridgehead atoms. The average molecular weight is 256 g/mol. The molecule has 18 heavy (non-hydrogen) atoms. The van der Waals surface area contributed by atoms with Gasteiger partial charge in [0.05, 0.1) is 28.4 Å². The van der Waals surface area contributed by atoms with E-state index < -0.39 is 41.4 Å². The maximum atomic E-state index is 11.8. The molecule has 0 radical (unpaired) electrons. The normalized spacial score (nSPS) is 25.2. The number of carbonyl (C=O) groups is 3. The Morgan fingerprint density at radius 1 is 1.44 bits per heavy atom. The smallest absolute Gasteiger partial charge is 0.472 e. The van der Waals surface area contributed by atoms with Crippen LogP contribution in [-0.2, 0) is 14.4 Å². The van der Waals surface area contributed by atoms with E-state index in [0.29, 0.717) is 0 Å². The second-order valence-corrected chi connectivity index (χ2v) is 4.22. The van der Waals surface area contributed by atoms with E-state index in [1.807, 2.05) is 0 Å². The summed E-state index contributed by atoms with van der Waals surface area (Å²) >= 11 is 0. The van der Waals surface area contributed by atoms with Gasteiger partial charge in [-0.3, -0.25) is 9.59 Å². The van der Waals surface area contributed by atoms with Crippen molar-refractivity contribution in [2.24, 2.45) is 11.8 Å². The van der Waals surface area contributed by atoms with Crippen LogP contribution in [0.1, 0.15) is 13.8 Å². The Morgan fingerprint density at radius 2 is 2.00 bits per heavy atom. The zero-order chi connectivity index (χ0) is 14.0. The van der Waals surface area contributed by atoms with E-state index in [0.717, 1.165) is 0 Å². The molecule has 1 aliphatic heterocycles. The molecule has 1 fully saturated rings. The topological polar surface area (TPSA) is 142 Å². The Kier molecular flexibility index (Phi) is 3.95. The fourth-order valence-electron chi connectivity index (χ4n) is 1.96. The predicted molar refractivity (Wildman–Crippen MR) is 56.9 cm³/mol. The third kappa shape index (κ3) is 2.29. The first-order valence-electron chi connectivity index (χ1n) is 5.31. The van der Waals surface area contributed by atoms with Gasteiger partial charge in [0.1, 0.15) is 0 Å². The summed E-state index contributed by atoms with van der Waals surface area (Å²) in [5, 5.41) is 20.5. The summed E-state index contributed by atoms with van der Waals surface area (Å²) in [6.07, 6.45) is -0.930. The van der Waals surface area contributed by atoms with Gasteiger partial charge in [-0.25, -0.2) is 4.79 Å². The van der Waals surface area contributed by atoms with Crippen molar-refractivity contribution < 1.29 is 29.4 Å². The quantitative estimate of drug-likeness (QED) is 0.155. The van der Waals surface area contributed by atoms with Gasteiger partial charge in [0.25, 0.3) is 5.78 Å².